The second-order valence-electron chi connectivity index (χ2n) is 6.56. The third-order valence-corrected chi connectivity index (χ3v) is 6.47. The molecule has 0 spiro atoms. The van der Waals surface area contributed by atoms with Crippen LogP contribution in [0.5, 0.6) is 0 Å². The fraction of sp³-hybridized carbons (Fsp3) is 0. The Kier molecular flexibility index (Phi) is 6.54. The number of carbonyl (C=O) groups is 2. The van der Waals surface area contributed by atoms with E-state index in [2.05, 4.69) is 31.8 Å². The van der Waals surface area contributed by atoms with Crippen LogP contribution in [-0.4, -0.2) is 23.0 Å². The fourth-order valence-electron chi connectivity index (χ4n) is 2.82. The van der Waals surface area contributed by atoms with Gasteiger partial charge in [-0.2, -0.15) is 5.10 Å². The maximum Gasteiger partial charge on any atom is 0.271 e. The van der Waals surface area contributed by atoms with Crippen LogP contribution in [0.15, 0.2) is 68.8 Å². The van der Waals surface area contributed by atoms with Crippen LogP contribution in [0.1, 0.15) is 25.8 Å². The Bertz CT molecular complexity index is 1410. The summed E-state index contributed by atoms with van der Waals surface area (Å²) >= 11 is 10.5. The van der Waals surface area contributed by atoms with Crippen molar-refractivity contribution in [3.8, 4) is 0 Å². The molecular weight excluding hydrogens is 536 g/mol. The third-order valence-electron chi connectivity index (χ3n) is 4.39. The number of hydrogen-bond acceptors (Lipinski definition) is 7. The lowest BCUT2D eigenvalue weighted by atomic mass is 10.2. The molecule has 4 rings (SSSR count). The first kappa shape index (κ1) is 22.6. The second kappa shape index (κ2) is 9.53. The number of hydrazone groups is 1. The molecule has 0 unspecified atom stereocenters. The predicted octanol–water partition coefficient (Wildman–Crippen LogP) is 5.83. The van der Waals surface area contributed by atoms with E-state index >= 15 is 0 Å². The lowest BCUT2D eigenvalue weighted by molar-refractivity contribution is -0.384. The highest BCUT2D eigenvalue weighted by atomic mass is 79.9. The average molecular weight is 548 g/mol. The van der Waals surface area contributed by atoms with Gasteiger partial charge < -0.3 is 9.73 Å². The van der Waals surface area contributed by atoms with Gasteiger partial charge in [0.1, 0.15) is 10.6 Å². The van der Waals surface area contributed by atoms with E-state index in [-0.39, 0.29) is 15.6 Å². The number of halogens is 2. The number of hydrogen-bond donors (Lipinski definition) is 2. The maximum atomic E-state index is 12.7. The van der Waals surface area contributed by atoms with Crippen molar-refractivity contribution in [2.45, 2.75) is 0 Å². The van der Waals surface area contributed by atoms with Crippen molar-refractivity contribution >= 4 is 78.4 Å². The number of fused-ring (bicyclic) bond motifs is 1. The summed E-state index contributed by atoms with van der Waals surface area (Å²) in [7, 11) is 0. The van der Waals surface area contributed by atoms with E-state index in [1.54, 1.807) is 24.3 Å². The van der Waals surface area contributed by atoms with E-state index < -0.39 is 16.7 Å². The van der Waals surface area contributed by atoms with Gasteiger partial charge in [-0.25, -0.2) is 5.43 Å². The molecule has 0 aliphatic carbocycles. The average Bonchev–Trinajstić information content (AvgIpc) is 3.36. The van der Waals surface area contributed by atoms with Crippen LogP contribution >= 0.6 is 38.9 Å². The minimum absolute atomic E-state index is 0.0809. The first-order valence-corrected chi connectivity index (χ1v) is 11.2. The topological polar surface area (TPSA) is 127 Å². The van der Waals surface area contributed by atoms with Crippen LogP contribution < -0.4 is 10.7 Å². The Morgan fingerprint density at radius 1 is 1.12 bits per heavy atom. The van der Waals surface area contributed by atoms with E-state index in [0.717, 1.165) is 11.3 Å². The Balaban J connectivity index is 1.42. The molecule has 2 N–H and O–H groups in total. The van der Waals surface area contributed by atoms with Crippen molar-refractivity contribution < 1.29 is 18.9 Å². The Hall–Kier alpha value is -3.54. The highest BCUT2D eigenvalue weighted by Gasteiger charge is 2.19. The van der Waals surface area contributed by atoms with Crippen LogP contribution in [0.2, 0.25) is 5.02 Å². The molecule has 33 heavy (non-hydrogen) atoms. The first-order chi connectivity index (χ1) is 15.8. The van der Waals surface area contributed by atoms with Crippen LogP contribution in [0.25, 0.3) is 10.1 Å². The summed E-state index contributed by atoms with van der Waals surface area (Å²) < 4.78 is 6.32. The number of amides is 2. The molecule has 2 amide bonds. The summed E-state index contributed by atoms with van der Waals surface area (Å²) in [5, 5.41) is 18.3. The lowest BCUT2D eigenvalue weighted by Crippen LogP contribution is -2.17. The summed E-state index contributed by atoms with van der Waals surface area (Å²) in [5.74, 6) is -0.436. The SMILES string of the molecule is O=C(N/N=C\c1ccc(Br)o1)c1ccc(NC(=O)c2sc3cc([N+](=O)[O-])ccc3c2Cl)cc1. The molecule has 2 aromatic heterocycles. The molecule has 2 aromatic carbocycles. The smallest absolute Gasteiger partial charge is 0.271 e. The van der Waals surface area contributed by atoms with Crippen molar-refractivity contribution in [2.24, 2.45) is 5.10 Å². The molecule has 9 nitrogen and oxygen atoms in total. The molecule has 12 heteroatoms. The summed E-state index contributed by atoms with van der Waals surface area (Å²) in [5.41, 5.74) is 3.08. The van der Waals surface area contributed by atoms with E-state index in [9.17, 15) is 19.7 Å². The molecular formula is C21H12BrClN4O5S. The number of nitrogens with zero attached hydrogens (tertiary/aromatic N) is 2. The number of carbonyl (C=O) groups excluding carboxylic acids is 2. The number of nitro groups is 1. The monoisotopic (exact) mass is 546 g/mol. The van der Waals surface area contributed by atoms with E-state index in [1.807, 2.05) is 0 Å². The number of rotatable bonds is 6. The maximum absolute atomic E-state index is 12.7. The van der Waals surface area contributed by atoms with E-state index in [1.165, 1.54) is 36.5 Å². The Morgan fingerprint density at radius 3 is 2.55 bits per heavy atom. The van der Waals surface area contributed by atoms with Gasteiger partial charge in [0.15, 0.2) is 4.67 Å². The highest BCUT2D eigenvalue weighted by molar-refractivity contribution is 9.10. The van der Waals surface area contributed by atoms with Crippen LogP contribution in [-0.2, 0) is 0 Å². The van der Waals surface area contributed by atoms with Crippen LogP contribution in [0.3, 0.4) is 0 Å². The zero-order valence-corrected chi connectivity index (χ0v) is 19.5. The zero-order valence-electron chi connectivity index (χ0n) is 16.4. The molecule has 2 heterocycles. The van der Waals surface area contributed by atoms with Crippen molar-refractivity contribution in [1.29, 1.82) is 0 Å². The number of thiophene rings is 1. The van der Waals surface area contributed by atoms with Crippen molar-refractivity contribution in [1.82, 2.24) is 5.43 Å². The number of furan rings is 1. The van der Waals surface area contributed by atoms with Gasteiger partial charge in [-0.3, -0.25) is 19.7 Å². The Labute approximate surface area is 203 Å². The van der Waals surface area contributed by atoms with Crippen molar-refractivity contribution in [3.05, 3.63) is 90.6 Å². The molecule has 0 saturated carbocycles. The van der Waals surface area contributed by atoms with Crippen LogP contribution in [0.4, 0.5) is 11.4 Å². The summed E-state index contributed by atoms with van der Waals surface area (Å²) in [6.07, 6.45) is 1.36. The van der Waals surface area contributed by atoms with Gasteiger partial charge in [0.25, 0.3) is 17.5 Å². The number of non-ortho nitro benzene ring substituents is 1. The van der Waals surface area contributed by atoms with Gasteiger partial charge in [0.05, 0.1) is 16.2 Å². The second-order valence-corrected chi connectivity index (χ2v) is 8.77. The molecule has 166 valence electrons. The first-order valence-electron chi connectivity index (χ1n) is 9.18. The lowest BCUT2D eigenvalue weighted by Gasteiger charge is -2.05. The molecule has 0 bridgehead atoms. The van der Waals surface area contributed by atoms with Gasteiger partial charge in [-0.15, -0.1) is 11.3 Å². The minimum atomic E-state index is -0.508. The third kappa shape index (κ3) is 5.11. The number of nitrogens with one attached hydrogen (secondary N) is 2. The Morgan fingerprint density at radius 2 is 1.88 bits per heavy atom. The summed E-state index contributed by atoms with van der Waals surface area (Å²) in [6.45, 7) is 0. The predicted molar refractivity (Wildman–Crippen MR) is 129 cm³/mol. The van der Waals surface area contributed by atoms with E-state index in [4.69, 9.17) is 16.0 Å². The normalized spacial score (nSPS) is 11.1. The molecule has 0 aliphatic heterocycles. The summed E-state index contributed by atoms with van der Waals surface area (Å²) in [6, 6.07) is 13.8. The van der Waals surface area contributed by atoms with Crippen molar-refractivity contribution in [3.63, 3.8) is 0 Å². The van der Waals surface area contributed by atoms with Gasteiger partial charge in [-0.05, 0) is 58.4 Å². The quantitative estimate of drug-likeness (QED) is 0.178. The van der Waals surface area contributed by atoms with E-state index in [0.29, 0.717) is 31.8 Å². The largest absolute Gasteiger partial charge is 0.448 e. The minimum Gasteiger partial charge on any atom is -0.448 e. The number of anilines is 1. The number of benzene rings is 2. The van der Waals surface area contributed by atoms with Gasteiger partial charge >= 0.3 is 0 Å². The fourth-order valence-corrected chi connectivity index (χ4v) is 4.59. The highest BCUT2D eigenvalue weighted by Crippen LogP contribution is 2.37. The standard InChI is InChI=1S/C21H12BrClN4O5S/c22-17-8-6-14(32-17)10-24-26-20(28)11-1-3-12(4-2-11)25-21(29)19-18(23)15-7-5-13(27(30)31)9-16(15)33-19/h1-10H,(H,25,29)(H,26,28)/b24-10-. The van der Waals surface area contributed by atoms with Crippen molar-refractivity contribution in [2.75, 3.05) is 5.32 Å². The molecule has 0 atom stereocenters. The molecule has 0 saturated heterocycles. The molecule has 0 fully saturated rings. The molecule has 0 radical (unpaired) electrons. The van der Waals surface area contributed by atoms with Gasteiger partial charge in [-0.1, -0.05) is 11.6 Å². The van der Waals surface area contributed by atoms with Crippen LogP contribution in [0, 0.1) is 10.1 Å². The van der Waals surface area contributed by atoms with Gasteiger partial charge in [0.2, 0.25) is 0 Å². The zero-order chi connectivity index (χ0) is 23.5. The number of nitro benzene ring substituents is 1. The molecule has 0 aliphatic rings. The molecule has 4 aromatic rings. The van der Waals surface area contributed by atoms with Gasteiger partial charge in [0, 0.05) is 33.5 Å². The summed E-state index contributed by atoms with van der Waals surface area (Å²) in [4.78, 5) is 35.6.